The lowest BCUT2D eigenvalue weighted by atomic mass is 9.96. The molecule has 0 heterocycles. The van der Waals surface area contributed by atoms with Crippen LogP contribution in [-0.2, 0) is 21.2 Å². The maximum atomic E-state index is 12.6. The number of sulfonamides is 1. The predicted molar refractivity (Wildman–Crippen MR) is 122 cm³/mol. The Balaban J connectivity index is 1.97. The highest BCUT2D eigenvalue weighted by Gasteiger charge is 2.21. The zero-order valence-electron chi connectivity index (χ0n) is 19.0. The Morgan fingerprint density at radius 3 is 2.10 bits per heavy atom. The Hall–Kier alpha value is -2.18. The number of amides is 1. The van der Waals surface area contributed by atoms with Gasteiger partial charge in [0.2, 0.25) is 15.9 Å². The van der Waals surface area contributed by atoms with E-state index in [1.807, 2.05) is 20.8 Å². The highest BCUT2D eigenvalue weighted by atomic mass is 32.2. The largest absolute Gasteiger partial charge is 0.350 e. The molecule has 0 aliphatic rings. The van der Waals surface area contributed by atoms with Crippen LogP contribution in [0.1, 0.15) is 61.1 Å². The lowest BCUT2D eigenvalue weighted by molar-refractivity contribution is -0.121. The summed E-state index contributed by atoms with van der Waals surface area (Å²) in [7, 11) is -3.45. The molecule has 0 bridgehead atoms. The van der Waals surface area contributed by atoms with Crippen molar-refractivity contribution in [3.8, 4) is 0 Å². The molecule has 2 aromatic carbocycles. The third kappa shape index (κ3) is 5.70. The number of carbonyl (C=O) groups excluding carboxylic acids is 1. The van der Waals surface area contributed by atoms with Crippen LogP contribution in [-0.4, -0.2) is 31.7 Å². The minimum absolute atomic E-state index is 0.0139. The van der Waals surface area contributed by atoms with E-state index >= 15 is 0 Å². The summed E-state index contributed by atoms with van der Waals surface area (Å²) in [6, 6.07) is 11.1. The standard InChI is InChI=1S/C24H34N2O3S/c1-7-26(8-2)30(28,29)22-12-9-21(10-13-22)11-14-24(27)25-20(6)23-16-18(4)17(3)15-19(23)5/h9-10,12-13,15-16,20H,7-8,11,14H2,1-6H3,(H,25,27)/t20-/m0/s1. The average Bonchev–Trinajstić information content (AvgIpc) is 2.70. The van der Waals surface area contributed by atoms with Crippen molar-refractivity contribution in [3.05, 3.63) is 64.2 Å². The Labute approximate surface area is 181 Å². The Kier molecular flexibility index (Phi) is 8.21. The molecule has 30 heavy (non-hydrogen) atoms. The van der Waals surface area contributed by atoms with Crippen molar-refractivity contribution in [1.82, 2.24) is 9.62 Å². The van der Waals surface area contributed by atoms with E-state index in [4.69, 9.17) is 0 Å². The van der Waals surface area contributed by atoms with Gasteiger partial charge < -0.3 is 5.32 Å². The highest BCUT2D eigenvalue weighted by Crippen LogP contribution is 2.22. The lowest BCUT2D eigenvalue weighted by Crippen LogP contribution is -2.30. The number of nitrogens with one attached hydrogen (secondary N) is 1. The van der Waals surface area contributed by atoms with Gasteiger partial charge in [0.15, 0.2) is 0 Å². The second kappa shape index (κ2) is 10.2. The molecule has 0 saturated heterocycles. The first-order chi connectivity index (χ1) is 14.1. The van der Waals surface area contributed by atoms with Crippen LogP contribution in [0, 0.1) is 20.8 Å². The number of carbonyl (C=O) groups is 1. The number of hydrogen-bond acceptors (Lipinski definition) is 3. The smallest absolute Gasteiger partial charge is 0.243 e. The number of aryl methyl sites for hydroxylation is 4. The average molecular weight is 431 g/mol. The summed E-state index contributed by atoms with van der Waals surface area (Å²) < 4.78 is 26.6. The van der Waals surface area contributed by atoms with Crippen molar-refractivity contribution in [3.63, 3.8) is 0 Å². The number of nitrogens with zero attached hydrogens (tertiary/aromatic N) is 1. The second-order valence-electron chi connectivity index (χ2n) is 7.82. The molecule has 164 valence electrons. The van der Waals surface area contributed by atoms with Crippen LogP contribution in [0.2, 0.25) is 0 Å². The van der Waals surface area contributed by atoms with Crippen molar-refractivity contribution in [2.75, 3.05) is 13.1 Å². The molecule has 0 saturated carbocycles. The van der Waals surface area contributed by atoms with Crippen LogP contribution in [0.5, 0.6) is 0 Å². The van der Waals surface area contributed by atoms with Gasteiger partial charge in [-0.3, -0.25) is 4.79 Å². The van der Waals surface area contributed by atoms with E-state index in [2.05, 4.69) is 38.2 Å². The van der Waals surface area contributed by atoms with Gasteiger partial charge in [0, 0.05) is 19.5 Å². The summed E-state index contributed by atoms with van der Waals surface area (Å²) in [5, 5.41) is 3.08. The van der Waals surface area contributed by atoms with E-state index < -0.39 is 10.0 Å². The van der Waals surface area contributed by atoms with Gasteiger partial charge in [-0.2, -0.15) is 4.31 Å². The topological polar surface area (TPSA) is 66.5 Å². The number of rotatable bonds is 9. The first-order valence-electron chi connectivity index (χ1n) is 10.6. The predicted octanol–water partition coefficient (Wildman–Crippen LogP) is 4.45. The maximum absolute atomic E-state index is 12.6. The van der Waals surface area contributed by atoms with E-state index in [9.17, 15) is 13.2 Å². The normalized spacial score (nSPS) is 12.8. The molecule has 0 aliphatic carbocycles. The molecule has 0 aromatic heterocycles. The van der Waals surface area contributed by atoms with E-state index in [-0.39, 0.29) is 11.9 Å². The summed E-state index contributed by atoms with van der Waals surface area (Å²) in [6.07, 6.45) is 0.923. The van der Waals surface area contributed by atoms with Crippen LogP contribution < -0.4 is 5.32 Å². The second-order valence-corrected chi connectivity index (χ2v) is 9.75. The Bertz CT molecular complexity index is 978. The van der Waals surface area contributed by atoms with Gasteiger partial charge in [0.1, 0.15) is 0 Å². The zero-order chi connectivity index (χ0) is 22.5. The molecular weight excluding hydrogens is 396 g/mol. The van der Waals surface area contributed by atoms with Crippen molar-refractivity contribution in [2.45, 2.75) is 65.3 Å². The van der Waals surface area contributed by atoms with E-state index in [0.29, 0.717) is 30.8 Å². The lowest BCUT2D eigenvalue weighted by Gasteiger charge is -2.19. The molecular formula is C24H34N2O3S. The molecule has 0 aliphatic heterocycles. The molecule has 2 rings (SSSR count). The van der Waals surface area contributed by atoms with Gasteiger partial charge in [-0.25, -0.2) is 8.42 Å². The Morgan fingerprint density at radius 2 is 1.53 bits per heavy atom. The molecule has 0 radical (unpaired) electrons. The first-order valence-corrected chi connectivity index (χ1v) is 12.0. The monoisotopic (exact) mass is 430 g/mol. The highest BCUT2D eigenvalue weighted by molar-refractivity contribution is 7.89. The molecule has 2 aromatic rings. The molecule has 0 unspecified atom stereocenters. The van der Waals surface area contributed by atoms with Crippen molar-refractivity contribution in [2.24, 2.45) is 0 Å². The third-order valence-electron chi connectivity index (χ3n) is 5.63. The van der Waals surface area contributed by atoms with Gasteiger partial charge in [-0.05, 0) is 74.1 Å². The van der Waals surface area contributed by atoms with Gasteiger partial charge in [-0.1, -0.05) is 38.1 Å². The first kappa shape index (κ1) is 24.1. The SMILES string of the molecule is CCN(CC)S(=O)(=O)c1ccc(CCC(=O)N[C@@H](C)c2cc(C)c(C)cc2C)cc1. The molecule has 1 N–H and O–H groups in total. The van der Waals surface area contributed by atoms with E-state index in [0.717, 1.165) is 11.1 Å². The van der Waals surface area contributed by atoms with Crippen LogP contribution >= 0.6 is 0 Å². The quantitative estimate of drug-likeness (QED) is 0.639. The van der Waals surface area contributed by atoms with Crippen molar-refractivity contribution >= 4 is 15.9 Å². The fourth-order valence-corrected chi connectivity index (χ4v) is 5.10. The summed E-state index contributed by atoms with van der Waals surface area (Å²) in [6.45, 7) is 12.8. The fraction of sp³-hybridized carbons (Fsp3) is 0.458. The van der Waals surface area contributed by atoms with E-state index in [1.54, 1.807) is 24.3 Å². The maximum Gasteiger partial charge on any atom is 0.243 e. The summed E-state index contributed by atoms with van der Waals surface area (Å²) in [5.41, 5.74) is 5.73. The van der Waals surface area contributed by atoms with Gasteiger partial charge in [0.25, 0.3) is 0 Å². The van der Waals surface area contributed by atoms with Crippen molar-refractivity contribution < 1.29 is 13.2 Å². The van der Waals surface area contributed by atoms with Crippen LogP contribution in [0.3, 0.4) is 0 Å². The number of benzene rings is 2. The summed E-state index contributed by atoms with van der Waals surface area (Å²) >= 11 is 0. The Morgan fingerprint density at radius 1 is 0.967 bits per heavy atom. The molecule has 0 spiro atoms. The third-order valence-corrected chi connectivity index (χ3v) is 7.70. The fourth-order valence-electron chi connectivity index (χ4n) is 3.64. The summed E-state index contributed by atoms with van der Waals surface area (Å²) in [5.74, 6) is -0.0139. The minimum atomic E-state index is -3.45. The summed E-state index contributed by atoms with van der Waals surface area (Å²) in [4.78, 5) is 12.7. The van der Waals surface area contributed by atoms with Crippen molar-refractivity contribution in [1.29, 1.82) is 0 Å². The molecule has 5 nitrogen and oxygen atoms in total. The molecule has 6 heteroatoms. The van der Waals surface area contributed by atoms with Crippen LogP contribution in [0.4, 0.5) is 0 Å². The number of hydrogen-bond donors (Lipinski definition) is 1. The van der Waals surface area contributed by atoms with Gasteiger partial charge in [0.05, 0.1) is 10.9 Å². The molecule has 0 fully saturated rings. The van der Waals surface area contributed by atoms with Crippen LogP contribution in [0.25, 0.3) is 0 Å². The molecule has 1 atom stereocenters. The van der Waals surface area contributed by atoms with Gasteiger partial charge in [-0.15, -0.1) is 0 Å². The van der Waals surface area contributed by atoms with Gasteiger partial charge >= 0.3 is 0 Å². The van der Waals surface area contributed by atoms with Crippen LogP contribution in [0.15, 0.2) is 41.3 Å². The minimum Gasteiger partial charge on any atom is -0.350 e. The van der Waals surface area contributed by atoms with E-state index in [1.165, 1.54) is 21.0 Å². The zero-order valence-corrected chi connectivity index (χ0v) is 19.8. The molecule has 1 amide bonds.